The summed E-state index contributed by atoms with van der Waals surface area (Å²) in [6.07, 6.45) is 1.12. The van der Waals surface area contributed by atoms with Crippen LogP contribution in [0.5, 0.6) is 0 Å². The van der Waals surface area contributed by atoms with Crippen LogP contribution in [0.25, 0.3) is 5.69 Å². The Balaban J connectivity index is 2.67. The Labute approximate surface area is 118 Å². The lowest BCUT2D eigenvalue weighted by molar-refractivity contribution is 0.0996. The number of hydrogen-bond donors (Lipinski definition) is 2. The molecule has 7 nitrogen and oxygen atoms in total. The minimum atomic E-state index is -4.83. The van der Waals surface area contributed by atoms with Crippen molar-refractivity contribution in [2.45, 2.75) is 10.7 Å². The quantitative estimate of drug-likeness (QED) is 0.853. The smallest absolute Gasteiger partial charge is 0.341 e. The number of anilines is 1. The summed E-state index contributed by atoms with van der Waals surface area (Å²) in [5, 5.41) is 3.72. The maximum atomic E-state index is 12.7. The van der Waals surface area contributed by atoms with Crippen LogP contribution in [0.1, 0.15) is 10.5 Å². The molecule has 0 fully saturated rings. The number of alkyl halides is 2. The molecule has 0 saturated carbocycles. The number of nitrogens with zero attached hydrogens (tertiary/aromatic N) is 2. The monoisotopic (exact) mass is 316 g/mol. The van der Waals surface area contributed by atoms with Crippen LogP contribution >= 0.6 is 0 Å². The van der Waals surface area contributed by atoms with Gasteiger partial charge in [-0.05, 0) is 12.1 Å². The van der Waals surface area contributed by atoms with Gasteiger partial charge >= 0.3 is 5.76 Å². The van der Waals surface area contributed by atoms with Crippen LogP contribution in [0.15, 0.2) is 35.4 Å². The molecule has 4 N–H and O–H groups in total. The number of sulfone groups is 1. The second-order valence-corrected chi connectivity index (χ2v) is 5.90. The van der Waals surface area contributed by atoms with Crippen LogP contribution in [-0.2, 0) is 9.84 Å². The van der Waals surface area contributed by atoms with Gasteiger partial charge in [-0.1, -0.05) is 12.1 Å². The van der Waals surface area contributed by atoms with Crippen LogP contribution in [0.4, 0.5) is 14.5 Å². The molecule has 0 saturated heterocycles. The lowest BCUT2D eigenvalue weighted by atomic mass is 10.3. The lowest BCUT2D eigenvalue weighted by Crippen LogP contribution is -2.16. The van der Waals surface area contributed by atoms with Crippen LogP contribution in [0.3, 0.4) is 0 Å². The van der Waals surface area contributed by atoms with Crippen LogP contribution in [0.2, 0.25) is 0 Å². The van der Waals surface area contributed by atoms with E-state index in [1.807, 2.05) is 0 Å². The molecule has 2 rings (SSSR count). The fraction of sp³-hybridized carbons (Fsp3) is 0.0909. The Kier molecular flexibility index (Phi) is 3.64. The molecular formula is C11H10F2N4O3S. The SMILES string of the molecule is NC(=O)c1nn(-c2ccccc2S(=O)(=O)C(F)F)cc1N. The molecule has 21 heavy (non-hydrogen) atoms. The topological polar surface area (TPSA) is 121 Å². The molecule has 0 aliphatic carbocycles. The predicted octanol–water partition coefficient (Wildman–Crippen LogP) is 0.550. The molecule has 0 unspecified atom stereocenters. The average Bonchev–Trinajstić information content (AvgIpc) is 2.80. The third-order valence-corrected chi connectivity index (χ3v) is 4.06. The standard InChI is InChI=1S/C11H10F2N4O3S/c12-11(13)21(19,20)8-4-2-1-3-7(8)17-5-6(14)9(16-17)10(15)18/h1-5,11H,14H2,(H2,15,18). The van der Waals surface area contributed by atoms with Crippen molar-refractivity contribution in [2.24, 2.45) is 5.73 Å². The molecule has 10 heteroatoms. The number of benzene rings is 1. The summed E-state index contributed by atoms with van der Waals surface area (Å²) < 4.78 is 49.6. The zero-order chi connectivity index (χ0) is 15.8. The number of amides is 1. The Hall–Kier alpha value is -2.49. The van der Waals surface area contributed by atoms with E-state index in [4.69, 9.17) is 11.5 Å². The number of aromatic nitrogens is 2. The van der Waals surface area contributed by atoms with Crippen molar-refractivity contribution in [2.75, 3.05) is 5.73 Å². The largest absolute Gasteiger partial charge is 0.396 e. The normalized spacial score (nSPS) is 11.8. The Morgan fingerprint density at radius 2 is 1.90 bits per heavy atom. The van der Waals surface area contributed by atoms with E-state index >= 15 is 0 Å². The highest BCUT2D eigenvalue weighted by atomic mass is 32.2. The number of carbonyl (C=O) groups excluding carboxylic acids is 1. The summed E-state index contributed by atoms with van der Waals surface area (Å²) in [4.78, 5) is 10.5. The number of primary amides is 1. The molecule has 1 amide bonds. The molecule has 0 radical (unpaired) electrons. The van der Waals surface area contributed by atoms with Gasteiger partial charge < -0.3 is 11.5 Å². The van der Waals surface area contributed by atoms with Gasteiger partial charge in [0.25, 0.3) is 5.91 Å². The number of nitrogen functional groups attached to an aromatic ring is 1. The molecule has 0 bridgehead atoms. The number of nitrogens with two attached hydrogens (primary N) is 2. The van der Waals surface area contributed by atoms with E-state index in [9.17, 15) is 22.0 Å². The maximum Gasteiger partial charge on any atom is 0.341 e. The predicted molar refractivity (Wildman–Crippen MR) is 69.7 cm³/mol. The van der Waals surface area contributed by atoms with Gasteiger partial charge in [0.2, 0.25) is 9.84 Å². The average molecular weight is 316 g/mol. The summed E-state index contributed by atoms with van der Waals surface area (Å²) >= 11 is 0. The first-order valence-corrected chi connectivity index (χ1v) is 7.06. The van der Waals surface area contributed by atoms with Crippen molar-refractivity contribution in [3.8, 4) is 5.69 Å². The first kappa shape index (κ1) is 14.9. The van der Waals surface area contributed by atoms with E-state index in [1.54, 1.807) is 0 Å². The van der Waals surface area contributed by atoms with Crippen molar-refractivity contribution in [3.05, 3.63) is 36.2 Å². The van der Waals surface area contributed by atoms with Gasteiger partial charge in [0.15, 0.2) is 5.69 Å². The van der Waals surface area contributed by atoms with Gasteiger partial charge in [0.05, 0.1) is 22.5 Å². The zero-order valence-corrected chi connectivity index (χ0v) is 11.2. The molecule has 0 spiro atoms. The number of hydrogen-bond acceptors (Lipinski definition) is 5. The minimum Gasteiger partial charge on any atom is -0.396 e. The van der Waals surface area contributed by atoms with E-state index < -0.39 is 26.4 Å². The Bertz CT molecular complexity index is 802. The summed E-state index contributed by atoms with van der Waals surface area (Å²) in [7, 11) is -4.83. The summed E-state index contributed by atoms with van der Waals surface area (Å²) in [5.41, 5.74) is 10.0. The summed E-state index contributed by atoms with van der Waals surface area (Å²) in [6, 6.07) is 4.99. The fourth-order valence-corrected chi connectivity index (χ4v) is 2.60. The first-order chi connectivity index (χ1) is 9.75. The van der Waals surface area contributed by atoms with Gasteiger partial charge in [0.1, 0.15) is 0 Å². The molecule has 112 valence electrons. The second kappa shape index (κ2) is 5.13. The van der Waals surface area contributed by atoms with Crippen LogP contribution in [-0.4, -0.2) is 29.9 Å². The molecule has 2 aromatic rings. The third-order valence-electron chi connectivity index (χ3n) is 2.63. The molecule has 0 aliphatic heterocycles. The van der Waals surface area contributed by atoms with Crippen molar-refractivity contribution >= 4 is 21.4 Å². The highest BCUT2D eigenvalue weighted by Crippen LogP contribution is 2.25. The van der Waals surface area contributed by atoms with E-state index in [2.05, 4.69) is 5.10 Å². The Morgan fingerprint density at radius 3 is 2.43 bits per heavy atom. The van der Waals surface area contributed by atoms with Crippen LogP contribution < -0.4 is 11.5 Å². The molecule has 1 aromatic heterocycles. The maximum absolute atomic E-state index is 12.7. The fourth-order valence-electron chi connectivity index (χ4n) is 1.69. The second-order valence-electron chi connectivity index (χ2n) is 4.02. The van der Waals surface area contributed by atoms with Crippen molar-refractivity contribution < 1.29 is 22.0 Å². The van der Waals surface area contributed by atoms with Gasteiger partial charge in [0, 0.05) is 0 Å². The van der Waals surface area contributed by atoms with Crippen LogP contribution in [0, 0.1) is 0 Å². The lowest BCUT2D eigenvalue weighted by Gasteiger charge is -2.09. The van der Waals surface area contributed by atoms with Crippen molar-refractivity contribution in [1.82, 2.24) is 9.78 Å². The van der Waals surface area contributed by atoms with E-state index in [1.165, 1.54) is 18.2 Å². The molecule has 1 heterocycles. The van der Waals surface area contributed by atoms with Crippen molar-refractivity contribution in [1.29, 1.82) is 0 Å². The van der Waals surface area contributed by atoms with E-state index in [0.29, 0.717) is 0 Å². The van der Waals surface area contributed by atoms with Gasteiger partial charge in [-0.3, -0.25) is 4.79 Å². The number of halogens is 2. The molecule has 0 aliphatic rings. The van der Waals surface area contributed by atoms with Crippen molar-refractivity contribution in [3.63, 3.8) is 0 Å². The molecular weight excluding hydrogens is 306 g/mol. The Morgan fingerprint density at radius 1 is 1.29 bits per heavy atom. The van der Waals surface area contributed by atoms with Gasteiger partial charge in [-0.25, -0.2) is 13.1 Å². The summed E-state index contributed by atoms with van der Waals surface area (Å²) in [5.74, 6) is -4.50. The highest BCUT2D eigenvalue weighted by Gasteiger charge is 2.30. The van der Waals surface area contributed by atoms with E-state index in [-0.39, 0.29) is 17.1 Å². The zero-order valence-electron chi connectivity index (χ0n) is 10.4. The van der Waals surface area contributed by atoms with Gasteiger partial charge in [-0.2, -0.15) is 13.9 Å². The number of rotatable bonds is 4. The third kappa shape index (κ3) is 2.57. The first-order valence-electron chi connectivity index (χ1n) is 5.51. The number of carbonyl (C=O) groups is 1. The highest BCUT2D eigenvalue weighted by molar-refractivity contribution is 7.91. The molecule has 0 atom stereocenters. The minimum absolute atomic E-state index is 0.0910. The van der Waals surface area contributed by atoms with E-state index in [0.717, 1.165) is 16.9 Å². The molecule has 1 aromatic carbocycles. The van der Waals surface area contributed by atoms with Gasteiger partial charge in [-0.15, -0.1) is 0 Å². The summed E-state index contributed by atoms with van der Waals surface area (Å²) in [6.45, 7) is 0. The number of para-hydroxylation sites is 1.